The molecule has 0 saturated heterocycles. The normalized spacial score (nSPS) is 16.7. The van der Waals surface area contributed by atoms with Crippen molar-refractivity contribution in [3.05, 3.63) is 23.8 Å². The van der Waals surface area contributed by atoms with Gasteiger partial charge in [-0.2, -0.15) is 0 Å². The van der Waals surface area contributed by atoms with Gasteiger partial charge in [0, 0.05) is 12.5 Å². The molecule has 1 N–H and O–H groups in total. The van der Waals surface area contributed by atoms with Gasteiger partial charge in [-0.25, -0.2) is 0 Å². The summed E-state index contributed by atoms with van der Waals surface area (Å²) in [5, 5.41) is 3.33. The minimum absolute atomic E-state index is 0.179. The second kappa shape index (κ2) is 16.0. The molecule has 0 aromatic heterocycles. The first-order valence-corrected chi connectivity index (χ1v) is 12.9. The van der Waals surface area contributed by atoms with Crippen molar-refractivity contribution >= 4 is 5.91 Å². The van der Waals surface area contributed by atoms with E-state index in [9.17, 15) is 4.79 Å². The van der Waals surface area contributed by atoms with Gasteiger partial charge in [0.15, 0.2) is 11.5 Å². The van der Waals surface area contributed by atoms with Gasteiger partial charge in [0.2, 0.25) is 5.91 Å². The molecule has 1 amide bonds. The molecule has 1 fully saturated rings. The van der Waals surface area contributed by atoms with E-state index in [4.69, 9.17) is 9.47 Å². The molecule has 0 spiro atoms. The number of rotatable bonds is 10. The summed E-state index contributed by atoms with van der Waals surface area (Å²) in [6, 6.07) is 6.43. The SMILES string of the molecule is CCCCOc1ccc(CCC(=O)NC2CCCCCCCCCCC2)cc1OCC. The molecule has 1 aliphatic carbocycles. The molecule has 1 saturated carbocycles. The summed E-state index contributed by atoms with van der Waals surface area (Å²) in [6.07, 6.45) is 17.6. The highest BCUT2D eigenvalue weighted by Crippen LogP contribution is 2.29. The number of nitrogens with one attached hydrogen (secondary N) is 1. The van der Waals surface area contributed by atoms with E-state index in [0.29, 0.717) is 25.7 Å². The lowest BCUT2D eigenvalue weighted by molar-refractivity contribution is -0.121. The summed E-state index contributed by atoms with van der Waals surface area (Å²) in [5.41, 5.74) is 1.13. The smallest absolute Gasteiger partial charge is 0.220 e. The van der Waals surface area contributed by atoms with Crippen LogP contribution in [0.1, 0.15) is 109 Å². The molecule has 176 valence electrons. The lowest BCUT2D eigenvalue weighted by atomic mass is 9.97. The van der Waals surface area contributed by atoms with Crippen LogP contribution in [-0.2, 0) is 11.2 Å². The average Bonchev–Trinajstić information content (AvgIpc) is 2.76. The third-order valence-corrected chi connectivity index (χ3v) is 6.17. The highest BCUT2D eigenvalue weighted by atomic mass is 16.5. The second-order valence-electron chi connectivity index (χ2n) is 8.94. The highest BCUT2D eigenvalue weighted by molar-refractivity contribution is 5.76. The fourth-order valence-corrected chi connectivity index (χ4v) is 4.29. The molecule has 0 atom stereocenters. The van der Waals surface area contributed by atoms with Crippen LogP contribution >= 0.6 is 0 Å². The maximum absolute atomic E-state index is 12.6. The summed E-state index contributed by atoms with van der Waals surface area (Å²) in [5.74, 6) is 1.77. The monoisotopic (exact) mass is 431 g/mol. The van der Waals surface area contributed by atoms with Gasteiger partial charge in [0.1, 0.15) is 0 Å². The first kappa shape index (κ1) is 25.5. The standard InChI is InChI=1S/C27H45NO3/c1-3-5-21-31-25-19-17-23(22-26(25)30-4-2)18-20-27(29)28-24-15-13-11-9-7-6-8-10-12-14-16-24/h17,19,22,24H,3-16,18,20-21H2,1-2H3,(H,28,29). The Bertz CT molecular complexity index is 604. The van der Waals surface area contributed by atoms with E-state index in [1.807, 2.05) is 19.1 Å². The number of carbonyl (C=O) groups is 1. The van der Waals surface area contributed by atoms with Crippen LogP contribution in [0.25, 0.3) is 0 Å². The van der Waals surface area contributed by atoms with Gasteiger partial charge in [-0.05, 0) is 50.3 Å². The third kappa shape index (κ3) is 10.9. The molecule has 0 heterocycles. The van der Waals surface area contributed by atoms with Crippen LogP contribution in [0.15, 0.2) is 18.2 Å². The predicted octanol–water partition coefficient (Wildman–Crippen LogP) is 6.99. The van der Waals surface area contributed by atoms with E-state index in [-0.39, 0.29) is 5.91 Å². The molecule has 0 radical (unpaired) electrons. The van der Waals surface area contributed by atoms with Crippen LogP contribution in [0.3, 0.4) is 0 Å². The average molecular weight is 432 g/mol. The molecule has 1 aliphatic rings. The van der Waals surface area contributed by atoms with Gasteiger partial charge in [-0.3, -0.25) is 4.79 Å². The minimum Gasteiger partial charge on any atom is -0.490 e. The van der Waals surface area contributed by atoms with Crippen LogP contribution in [0, 0.1) is 0 Å². The molecular formula is C27H45NO3. The Morgan fingerprint density at radius 3 is 2.16 bits per heavy atom. The number of benzene rings is 1. The lowest BCUT2D eigenvalue weighted by Gasteiger charge is -2.20. The van der Waals surface area contributed by atoms with Crippen molar-refractivity contribution in [3.8, 4) is 11.5 Å². The second-order valence-corrected chi connectivity index (χ2v) is 8.94. The van der Waals surface area contributed by atoms with Crippen molar-refractivity contribution in [2.75, 3.05) is 13.2 Å². The first-order valence-electron chi connectivity index (χ1n) is 12.9. The topological polar surface area (TPSA) is 47.6 Å². The minimum atomic E-state index is 0.179. The summed E-state index contributed by atoms with van der Waals surface area (Å²) in [6.45, 7) is 5.46. The molecule has 1 aromatic carbocycles. The van der Waals surface area contributed by atoms with Crippen molar-refractivity contribution in [2.45, 2.75) is 116 Å². The summed E-state index contributed by atoms with van der Waals surface area (Å²) < 4.78 is 11.6. The summed E-state index contributed by atoms with van der Waals surface area (Å²) >= 11 is 0. The zero-order valence-corrected chi connectivity index (χ0v) is 20.1. The summed E-state index contributed by atoms with van der Waals surface area (Å²) in [4.78, 5) is 12.6. The number of ether oxygens (including phenoxy) is 2. The maximum atomic E-state index is 12.6. The Hall–Kier alpha value is -1.71. The van der Waals surface area contributed by atoms with Gasteiger partial charge in [0.25, 0.3) is 0 Å². The number of amides is 1. The van der Waals surface area contributed by atoms with Gasteiger partial charge in [0.05, 0.1) is 13.2 Å². The first-order chi connectivity index (χ1) is 15.2. The van der Waals surface area contributed by atoms with E-state index in [2.05, 4.69) is 18.3 Å². The lowest BCUT2D eigenvalue weighted by Crippen LogP contribution is -2.35. The van der Waals surface area contributed by atoms with Crippen molar-refractivity contribution in [2.24, 2.45) is 0 Å². The van der Waals surface area contributed by atoms with Crippen LogP contribution < -0.4 is 14.8 Å². The number of carbonyl (C=O) groups excluding carboxylic acids is 1. The van der Waals surface area contributed by atoms with Crippen molar-refractivity contribution in [1.29, 1.82) is 0 Å². The van der Waals surface area contributed by atoms with E-state index < -0.39 is 0 Å². The van der Waals surface area contributed by atoms with Crippen molar-refractivity contribution in [3.63, 3.8) is 0 Å². The van der Waals surface area contributed by atoms with Gasteiger partial charge >= 0.3 is 0 Å². The molecule has 0 aliphatic heterocycles. The summed E-state index contributed by atoms with van der Waals surface area (Å²) in [7, 11) is 0. The maximum Gasteiger partial charge on any atom is 0.220 e. The Morgan fingerprint density at radius 1 is 0.903 bits per heavy atom. The Labute approximate surface area is 190 Å². The van der Waals surface area contributed by atoms with Gasteiger partial charge in [-0.1, -0.05) is 77.2 Å². The van der Waals surface area contributed by atoms with Crippen LogP contribution in [-0.4, -0.2) is 25.2 Å². The number of hydrogen-bond acceptors (Lipinski definition) is 3. The molecule has 0 bridgehead atoms. The zero-order valence-electron chi connectivity index (χ0n) is 20.1. The molecule has 31 heavy (non-hydrogen) atoms. The van der Waals surface area contributed by atoms with E-state index in [0.717, 1.165) is 49.2 Å². The number of unbranched alkanes of at least 4 members (excludes halogenated alkanes) is 1. The van der Waals surface area contributed by atoms with Crippen LogP contribution in [0.5, 0.6) is 11.5 Å². The van der Waals surface area contributed by atoms with E-state index in [1.54, 1.807) is 0 Å². The quantitative estimate of drug-likeness (QED) is 0.406. The van der Waals surface area contributed by atoms with Crippen LogP contribution in [0.4, 0.5) is 0 Å². The Balaban J connectivity index is 1.83. The Kier molecular flexibility index (Phi) is 13.2. The molecule has 4 nitrogen and oxygen atoms in total. The number of hydrogen-bond donors (Lipinski definition) is 1. The highest BCUT2D eigenvalue weighted by Gasteiger charge is 2.14. The van der Waals surface area contributed by atoms with Gasteiger partial charge in [-0.15, -0.1) is 0 Å². The predicted molar refractivity (Wildman–Crippen MR) is 129 cm³/mol. The molecular weight excluding hydrogens is 386 g/mol. The molecule has 4 heteroatoms. The van der Waals surface area contributed by atoms with Crippen molar-refractivity contribution in [1.82, 2.24) is 5.32 Å². The van der Waals surface area contributed by atoms with E-state index >= 15 is 0 Å². The van der Waals surface area contributed by atoms with Crippen LogP contribution in [0.2, 0.25) is 0 Å². The molecule has 0 unspecified atom stereocenters. The fourth-order valence-electron chi connectivity index (χ4n) is 4.29. The van der Waals surface area contributed by atoms with E-state index in [1.165, 1.54) is 57.8 Å². The molecule has 2 rings (SSSR count). The largest absolute Gasteiger partial charge is 0.490 e. The number of aryl methyl sites for hydroxylation is 1. The third-order valence-electron chi connectivity index (χ3n) is 6.17. The fraction of sp³-hybridized carbons (Fsp3) is 0.741. The van der Waals surface area contributed by atoms with Gasteiger partial charge < -0.3 is 14.8 Å². The Morgan fingerprint density at radius 2 is 1.55 bits per heavy atom. The zero-order chi connectivity index (χ0) is 22.2. The van der Waals surface area contributed by atoms with Crippen molar-refractivity contribution < 1.29 is 14.3 Å². The molecule has 1 aromatic rings.